The summed E-state index contributed by atoms with van der Waals surface area (Å²) in [5, 5.41) is 0. The van der Waals surface area contributed by atoms with Crippen molar-refractivity contribution >= 4 is 5.78 Å². The molecule has 1 aliphatic rings. The zero-order chi connectivity index (χ0) is 13.9. The van der Waals surface area contributed by atoms with Gasteiger partial charge >= 0.3 is 0 Å². The molecule has 1 saturated heterocycles. The molecule has 0 amide bonds. The number of hydrogen-bond donors (Lipinski definition) is 0. The van der Waals surface area contributed by atoms with E-state index >= 15 is 0 Å². The largest absolute Gasteiger partial charge is 0.344 e. The second-order valence-corrected chi connectivity index (χ2v) is 5.61. The lowest BCUT2D eigenvalue weighted by atomic mass is 9.94. The third-order valence-corrected chi connectivity index (χ3v) is 3.37. The molecule has 0 spiro atoms. The molecule has 0 bridgehead atoms. The second-order valence-electron chi connectivity index (χ2n) is 5.61. The van der Waals surface area contributed by atoms with Crippen LogP contribution in [0.4, 0.5) is 0 Å². The molecule has 0 N–H and O–H groups in total. The third-order valence-electron chi connectivity index (χ3n) is 3.37. The van der Waals surface area contributed by atoms with E-state index in [1.807, 2.05) is 31.2 Å². The number of carbonyl (C=O) groups is 1. The van der Waals surface area contributed by atoms with Crippen LogP contribution >= 0.6 is 0 Å². The number of rotatable bonds is 5. The molecule has 0 aromatic heterocycles. The Hall–Kier alpha value is -1.19. The second kappa shape index (κ2) is 5.85. The van der Waals surface area contributed by atoms with Crippen LogP contribution in [0.2, 0.25) is 0 Å². The lowest BCUT2D eigenvalue weighted by Crippen LogP contribution is -2.25. The Morgan fingerprint density at radius 3 is 2.53 bits per heavy atom. The van der Waals surface area contributed by atoms with E-state index in [2.05, 4.69) is 13.8 Å². The van der Waals surface area contributed by atoms with E-state index in [9.17, 15) is 4.79 Å². The fourth-order valence-corrected chi connectivity index (χ4v) is 2.53. The number of carbonyl (C=O) groups excluding carboxylic acids is 1. The molecule has 3 heteroatoms. The minimum absolute atomic E-state index is 0.268. The van der Waals surface area contributed by atoms with E-state index in [0.717, 1.165) is 11.1 Å². The van der Waals surface area contributed by atoms with Crippen molar-refractivity contribution in [2.75, 3.05) is 13.2 Å². The molecule has 1 aliphatic heterocycles. The molecular formula is C16H22O3. The summed E-state index contributed by atoms with van der Waals surface area (Å²) in [6, 6.07) is 7.90. The van der Waals surface area contributed by atoms with Crippen LogP contribution in [0.5, 0.6) is 0 Å². The Bertz CT molecular complexity index is 445. The molecule has 1 aromatic rings. The van der Waals surface area contributed by atoms with Gasteiger partial charge in [-0.1, -0.05) is 38.1 Å². The Balaban J connectivity index is 2.19. The fraction of sp³-hybridized carbons (Fsp3) is 0.562. The highest BCUT2D eigenvalue weighted by atomic mass is 16.7. The number of Topliss-reactive ketones (excluding diaryl/α,β-unsaturated/α-hetero) is 1. The molecule has 104 valence electrons. The van der Waals surface area contributed by atoms with Crippen LogP contribution in [-0.4, -0.2) is 19.0 Å². The molecule has 19 heavy (non-hydrogen) atoms. The minimum atomic E-state index is -0.700. The van der Waals surface area contributed by atoms with Gasteiger partial charge in [0.25, 0.3) is 0 Å². The Labute approximate surface area is 114 Å². The molecule has 1 heterocycles. The number of ketones is 1. The molecular weight excluding hydrogens is 240 g/mol. The highest BCUT2D eigenvalue weighted by molar-refractivity contribution is 5.81. The summed E-state index contributed by atoms with van der Waals surface area (Å²) in [5.74, 6) is -0.0346. The van der Waals surface area contributed by atoms with Crippen LogP contribution in [0.3, 0.4) is 0 Å². The van der Waals surface area contributed by atoms with Crippen molar-refractivity contribution in [3.8, 4) is 0 Å². The van der Waals surface area contributed by atoms with Crippen LogP contribution in [0.1, 0.15) is 38.3 Å². The molecule has 0 saturated carbocycles. The quantitative estimate of drug-likeness (QED) is 0.818. The van der Waals surface area contributed by atoms with Gasteiger partial charge < -0.3 is 9.47 Å². The molecule has 2 rings (SSSR count). The zero-order valence-corrected chi connectivity index (χ0v) is 11.9. The van der Waals surface area contributed by atoms with Gasteiger partial charge in [0.2, 0.25) is 0 Å². The highest BCUT2D eigenvalue weighted by Crippen LogP contribution is 2.33. The van der Waals surface area contributed by atoms with Crippen LogP contribution in [0, 0.1) is 5.92 Å². The van der Waals surface area contributed by atoms with Crippen LogP contribution < -0.4 is 0 Å². The van der Waals surface area contributed by atoms with Gasteiger partial charge in [-0.25, -0.2) is 0 Å². The van der Waals surface area contributed by atoms with Gasteiger partial charge in [0.15, 0.2) is 5.79 Å². The standard InChI is InChI=1S/C16H22O3/c1-12(2)10-14(17)11-13-6-4-5-7-15(13)16(3)18-8-9-19-16/h4-7,12H,8-11H2,1-3H3. The first-order valence-electron chi connectivity index (χ1n) is 6.89. The molecule has 0 aliphatic carbocycles. The summed E-state index contributed by atoms with van der Waals surface area (Å²) >= 11 is 0. The van der Waals surface area contributed by atoms with Crippen molar-refractivity contribution in [2.24, 2.45) is 5.92 Å². The van der Waals surface area contributed by atoms with Gasteiger partial charge in [-0.15, -0.1) is 0 Å². The summed E-state index contributed by atoms with van der Waals surface area (Å²) in [7, 11) is 0. The average molecular weight is 262 g/mol. The predicted octanol–water partition coefficient (Wildman–Crippen LogP) is 3.06. The van der Waals surface area contributed by atoms with Crippen molar-refractivity contribution in [3.05, 3.63) is 35.4 Å². The molecule has 1 aromatic carbocycles. The lowest BCUT2D eigenvalue weighted by molar-refractivity contribution is -0.150. The smallest absolute Gasteiger partial charge is 0.192 e. The molecule has 0 atom stereocenters. The summed E-state index contributed by atoms with van der Waals surface area (Å²) < 4.78 is 11.4. The van der Waals surface area contributed by atoms with E-state index in [1.54, 1.807) is 0 Å². The van der Waals surface area contributed by atoms with E-state index in [4.69, 9.17) is 9.47 Å². The maximum absolute atomic E-state index is 12.0. The van der Waals surface area contributed by atoms with Gasteiger partial charge in [-0.05, 0) is 18.4 Å². The van der Waals surface area contributed by atoms with Crippen LogP contribution in [0.25, 0.3) is 0 Å². The van der Waals surface area contributed by atoms with Crippen molar-refractivity contribution in [2.45, 2.75) is 39.4 Å². The number of benzene rings is 1. The highest BCUT2D eigenvalue weighted by Gasteiger charge is 2.35. The van der Waals surface area contributed by atoms with Crippen molar-refractivity contribution in [3.63, 3.8) is 0 Å². The normalized spacial score (nSPS) is 17.9. The van der Waals surface area contributed by atoms with E-state index in [-0.39, 0.29) is 5.78 Å². The first kappa shape index (κ1) is 14.2. The molecule has 1 fully saturated rings. The van der Waals surface area contributed by atoms with Crippen LogP contribution in [0.15, 0.2) is 24.3 Å². The topological polar surface area (TPSA) is 35.5 Å². The third kappa shape index (κ3) is 3.43. The lowest BCUT2D eigenvalue weighted by Gasteiger charge is -2.25. The van der Waals surface area contributed by atoms with Gasteiger partial charge in [0.05, 0.1) is 13.2 Å². The summed E-state index contributed by atoms with van der Waals surface area (Å²) in [4.78, 5) is 12.0. The fourth-order valence-electron chi connectivity index (χ4n) is 2.53. The Morgan fingerprint density at radius 2 is 1.89 bits per heavy atom. The number of hydrogen-bond acceptors (Lipinski definition) is 3. The van der Waals surface area contributed by atoms with Gasteiger partial charge in [-0.3, -0.25) is 4.79 Å². The minimum Gasteiger partial charge on any atom is -0.344 e. The van der Waals surface area contributed by atoms with Gasteiger partial charge in [0, 0.05) is 18.4 Å². The first-order valence-corrected chi connectivity index (χ1v) is 6.89. The van der Waals surface area contributed by atoms with Crippen molar-refractivity contribution < 1.29 is 14.3 Å². The molecule has 3 nitrogen and oxygen atoms in total. The van der Waals surface area contributed by atoms with E-state index in [1.165, 1.54) is 0 Å². The van der Waals surface area contributed by atoms with E-state index in [0.29, 0.717) is 32.0 Å². The summed E-state index contributed by atoms with van der Waals surface area (Å²) in [5.41, 5.74) is 1.99. The van der Waals surface area contributed by atoms with Crippen molar-refractivity contribution in [1.82, 2.24) is 0 Å². The maximum Gasteiger partial charge on any atom is 0.192 e. The zero-order valence-electron chi connectivity index (χ0n) is 11.9. The maximum atomic E-state index is 12.0. The summed E-state index contributed by atoms with van der Waals surface area (Å²) in [6.45, 7) is 7.25. The first-order chi connectivity index (χ1) is 9.01. The SMILES string of the molecule is CC(C)CC(=O)Cc1ccccc1C1(C)OCCO1. The van der Waals surface area contributed by atoms with E-state index < -0.39 is 5.79 Å². The monoisotopic (exact) mass is 262 g/mol. The molecule has 0 unspecified atom stereocenters. The summed E-state index contributed by atoms with van der Waals surface area (Å²) in [6.07, 6.45) is 1.07. The number of ether oxygens (including phenoxy) is 2. The van der Waals surface area contributed by atoms with Gasteiger partial charge in [0.1, 0.15) is 5.78 Å². The van der Waals surface area contributed by atoms with Crippen molar-refractivity contribution in [1.29, 1.82) is 0 Å². The Kier molecular flexibility index (Phi) is 4.38. The average Bonchev–Trinajstić information content (AvgIpc) is 2.76. The Morgan fingerprint density at radius 1 is 1.26 bits per heavy atom. The molecule has 0 radical (unpaired) electrons. The van der Waals surface area contributed by atoms with Gasteiger partial charge in [-0.2, -0.15) is 0 Å². The predicted molar refractivity (Wildman–Crippen MR) is 73.9 cm³/mol. The van der Waals surface area contributed by atoms with Crippen LogP contribution in [-0.2, 0) is 26.5 Å².